The molecule has 148 valence electrons. The molecule has 7 heteroatoms. The molecule has 2 atom stereocenters. The predicted molar refractivity (Wildman–Crippen MR) is 116 cm³/mol. The lowest BCUT2D eigenvalue weighted by Gasteiger charge is -2.35. The highest BCUT2D eigenvalue weighted by atomic mass is 35.5. The Bertz CT molecular complexity index is 719. The number of carbonyl (C=O) groups is 1. The molecular formula is C20H27Cl2N3OS. The van der Waals surface area contributed by atoms with Gasteiger partial charge in [-0.2, -0.15) is 0 Å². The molecule has 2 aliphatic rings. The number of carbonyl (C=O) groups excluding carboxylic acids is 1. The Morgan fingerprint density at radius 3 is 2.81 bits per heavy atom. The monoisotopic (exact) mass is 427 g/mol. The number of rotatable bonds is 5. The molecule has 1 fully saturated rings. The standard InChI is InChI=1S/C20H25N3OS.2ClH/c24-20(16-6-9-21-12-16)22-13-18(15-4-2-1-3-5-15)23-10-7-19-17(14-23)8-11-25-19;;/h1-5,8,11,16,18,21H,6-7,9-10,12-14H2,(H,22,24);2*1H. The summed E-state index contributed by atoms with van der Waals surface area (Å²) in [4.78, 5) is 16.5. The first-order valence-corrected chi connectivity index (χ1v) is 10.0. The second-order valence-corrected chi connectivity index (χ2v) is 7.95. The first-order chi connectivity index (χ1) is 12.3. The van der Waals surface area contributed by atoms with Gasteiger partial charge in [-0.25, -0.2) is 0 Å². The molecular weight excluding hydrogens is 401 g/mol. The van der Waals surface area contributed by atoms with Gasteiger partial charge in [0.15, 0.2) is 0 Å². The van der Waals surface area contributed by atoms with E-state index in [2.05, 4.69) is 57.3 Å². The molecule has 1 saturated heterocycles. The largest absolute Gasteiger partial charge is 0.354 e. The molecule has 2 aliphatic heterocycles. The van der Waals surface area contributed by atoms with Crippen molar-refractivity contribution in [2.75, 3.05) is 26.2 Å². The predicted octanol–water partition coefficient (Wildman–Crippen LogP) is 3.42. The maximum Gasteiger partial charge on any atom is 0.224 e. The minimum atomic E-state index is 0. The molecule has 0 aliphatic carbocycles. The van der Waals surface area contributed by atoms with Crippen molar-refractivity contribution in [1.29, 1.82) is 0 Å². The average Bonchev–Trinajstić information content (AvgIpc) is 3.34. The number of halogens is 2. The van der Waals surface area contributed by atoms with Gasteiger partial charge in [0.25, 0.3) is 0 Å². The van der Waals surface area contributed by atoms with Crippen LogP contribution in [0, 0.1) is 5.92 Å². The Kier molecular flexibility index (Phi) is 8.58. The van der Waals surface area contributed by atoms with Gasteiger partial charge in [0.1, 0.15) is 0 Å². The zero-order valence-electron chi connectivity index (χ0n) is 15.2. The van der Waals surface area contributed by atoms with Gasteiger partial charge in [-0.15, -0.1) is 36.2 Å². The number of benzene rings is 1. The maximum absolute atomic E-state index is 12.5. The summed E-state index contributed by atoms with van der Waals surface area (Å²) in [5.74, 6) is 0.320. The molecule has 1 amide bonds. The molecule has 4 nitrogen and oxygen atoms in total. The van der Waals surface area contributed by atoms with E-state index >= 15 is 0 Å². The number of hydrogen-bond donors (Lipinski definition) is 2. The number of hydrogen-bond acceptors (Lipinski definition) is 4. The quantitative estimate of drug-likeness (QED) is 0.767. The normalized spacial score (nSPS) is 20.1. The highest BCUT2D eigenvalue weighted by molar-refractivity contribution is 7.10. The summed E-state index contributed by atoms with van der Waals surface area (Å²) < 4.78 is 0. The van der Waals surface area contributed by atoms with Gasteiger partial charge in [-0.1, -0.05) is 30.3 Å². The molecule has 0 spiro atoms. The summed E-state index contributed by atoms with van der Waals surface area (Å²) in [6, 6.07) is 13.1. The molecule has 2 N–H and O–H groups in total. The van der Waals surface area contributed by atoms with Crippen LogP contribution in [-0.2, 0) is 17.8 Å². The summed E-state index contributed by atoms with van der Waals surface area (Å²) in [5, 5.41) is 8.69. The Morgan fingerprint density at radius 2 is 2.07 bits per heavy atom. The minimum Gasteiger partial charge on any atom is -0.354 e. The Morgan fingerprint density at radius 1 is 1.26 bits per heavy atom. The van der Waals surface area contributed by atoms with E-state index in [4.69, 9.17) is 0 Å². The smallest absolute Gasteiger partial charge is 0.224 e. The lowest BCUT2D eigenvalue weighted by atomic mass is 10.0. The third-order valence-electron chi connectivity index (χ3n) is 5.36. The van der Waals surface area contributed by atoms with E-state index in [0.717, 1.165) is 39.0 Å². The molecule has 0 bridgehead atoms. The van der Waals surface area contributed by atoms with Gasteiger partial charge in [0.05, 0.1) is 12.0 Å². The fourth-order valence-corrected chi connectivity index (χ4v) is 4.78. The van der Waals surface area contributed by atoms with Crippen LogP contribution in [0.2, 0.25) is 0 Å². The second kappa shape index (κ2) is 10.4. The van der Waals surface area contributed by atoms with Gasteiger partial charge >= 0.3 is 0 Å². The van der Waals surface area contributed by atoms with E-state index in [0.29, 0.717) is 6.54 Å². The number of fused-ring (bicyclic) bond motifs is 1. The number of thiophene rings is 1. The first-order valence-electron chi connectivity index (χ1n) is 9.14. The molecule has 0 saturated carbocycles. The Hall–Kier alpha value is -1.11. The number of amides is 1. The zero-order chi connectivity index (χ0) is 17.1. The highest BCUT2D eigenvalue weighted by Gasteiger charge is 2.27. The van der Waals surface area contributed by atoms with Crippen LogP contribution in [0.5, 0.6) is 0 Å². The summed E-state index contributed by atoms with van der Waals surface area (Å²) in [6.45, 7) is 4.46. The average molecular weight is 428 g/mol. The molecule has 2 unspecified atom stereocenters. The van der Waals surface area contributed by atoms with Gasteiger partial charge in [0, 0.05) is 31.1 Å². The van der Waals surface area contributed by atoms with Crippen LogP contribution in [0.15, 0.2) is 41.8 Å². The van der Waals surface area contributed by atoms with Crippen LogP contribution in [0.4, 0.5) is 0 Å². The van der Waals surface area contributed by atoms with Crippen molar-refractivity contribution in [1.82, 2.24) is 15.5 Å². The van der Waals surface area contributed by atoms with E-state index in [1.165, 1.54) is 16.0 Å². The van der Waals surface area contributed by atoms with Crippen molar-refractivity contribution in [2.24, 2.45) is 5.92 Å². The van der Waals surface area contributed by atoms with E-state index in [9.17, 15) is 4.79 Å². The van der Waals surface area contributed by atoms with E-state index in [1.807, 2.05) is 11.3 Å². The van der Waals surface area contributed by atoms with Crippen LogP contribution in [0.3, 0.4) is 0 Å². The maximum atomic E-state index is 12.5. The van der Waals surface area contributed by atoms with Crippen molar-refractivity contribution in [2.45, 2.75) is 25.4 Å². The van der Waals surface area contributed by atoms with Gasteiger partial charge in [0.2, 0.25) is 5.91 Å². The summed E-state index contributed by atoms with van der Waals surface area (Å²) in [7, 11) is 0. The molecule has 3 heterocycles. The summed E-state index contributed by atoms with van der Waals surface area (Å²) >= 11 is 1.87. The lowest BCUT2D eigenvalue weighted by Crippen LogP contribution is -2.42. The van der Waals surface area contributed by atoms with Gasteiger partial charge < -0.3 is 10.6 Å². The van der Waals surface area contributed by atoms with Crippen LogP contribution in [0.1, 0.15) is 28.5 Å². The third kappa shape index (κ3) is 5.24. The molecule has 0 radical (unpaired) electrons. The number of nitrogens with zero attached hydrogens (tertiary/aromatic N) is 1. The Labute approximate surface area is 177 Å². The van der Waals surface area contributed by atoms with Crippen LogP contribution in [0.25, 0.3) is 0 Å². The van der Waals surface area contributed by atoms with Crippen molar-refractivity contribution in [3.8, 4) is 0 Å². The fraction of sp³-hybridized carbons (Fsp3) is 0.450. The van der Waals surface area contributed by atoms with Crippen molar-refractivity contribution in [3.05, 3.63) is 57.8 Å². The molecule has 27 heavy (non-hydrogen) atoms. The van der Waals surface area contributed by atoms with Crippen molar-refractivity contribution in [3.63, 3.8) is 0 Å². The molecule has 1 aromatic carbocycles. The first kappa shape index (κ1) is 22.2. The SMILES string of the molecule is Cl.Cl.O=C(NCC(c1ccccc1)N1CCc2sccc2C1)C1CCNC1. The van der Waals surface area contributed by atoms with Gasteiger partial charge in [-0.05, 0) is 42.0 Å². The zero-order valence-corrected chi connectivity index (χ0v) is 17.7. The van der Waals surface area contributed by atoms with Crippen molar-refractivity contribution >= 4 is 42.1 Å². The lowest BCUT2D eigenvalue weighted by molar-refractivity contribution is -0.124. The third-order valence-corrected chi connectivity index (χ3v) is 6.39. The molecule has 1 aromatic heterocycles. The summed E-state index contributed by atoms with van der Waals surface area (Å²) in [5.41, 5.74) is 2.73. The minimum absolute atomic E-state index is 0. The van der Waals surface area contributed by atoms with Gasteiger partial charge in [-0.3, -0.25) is 9.69 Å². The second-order valence-electron chi connectivity index (χ2n) is 6.95. The highest BCUT2D eigenvalue weighted by Crippen LogP contribution is 2.30. The van der Waals surface area contributed by atoms with Crippen LogP contribution < -0.4 is 10.6 Å². The van der Waals surface area contributed by atoms with E-state index < -0.39 is 0 Å². The molecule has 2 aromatic rings. The molecule has 4 rings (SSSR count). The van der Waals surface area contributed by atoms with Crippen LogP contribution >= 0.6 is 36.2 Å². The topological polar surface area (TPSA) is 44.4 Å². The van der Waals surface area contributed by atoms with Crippen molar-refractivity contribution < 1.29 is 4.79 Å². The van der Waals surface area contributed by atoms with Crippen LogP contribution in [-0.4, -0.2) is 37.0 Å². The van der Waals surface area contributed by atoms with E-state index in [1.54, 1.807) is 0 Å². The Balaban J connectivity index is 0.00000131. The fourth-order valence-electron chi connectivity index (χ4n) is 3.89. The number of nitrogens with one attached hydrogen (secondary N) is 2. The summed E-state index contributed by atoms with van der Waals surface area (Å²) in [6.07, 6.45) is 2.06. The van der Waals surface area contributed by atoms with E-state index in [-0.39, 0.29) is 42.7 Å².